The number of amides is 2. The standard InChI is InChI=1S/C27H31N3O3S/c1-5-25(31)30-13-12-19-10-11-21(14-22(19)26(30)20-8-6-18(4)7-9-20)33-15-24-29-23(16-34-24)27(32)28-17(2)3/h6-11,14,16-17,26H,5,12-13,15H2,1-4H3,(H,28,32). The van der Waals surface area contributed by atoms with Gasteiger partial charge >= 0.3 is 0 Å². The number of rotatable bonds is 7. The second-order valence-corrected chi connectivity index (χ2v) is 9.85. The first-order valence-corrected chi connectivity index (χ1v) is 12.6. The molecule has 0 saturated heterocycles. The average Bonchev–Trinajstić information content (AvgIpc) is 3.31. The van der Waals surface area contributed by atoms with Crippen LogP contribution in [0, 0.1) is 6.92 Å². The Labute approximate surface area is 205 Å². The van der Waals surface area contributed by atoms with Crippen LogP contribution in [0.25, 0.3) is 0 Å². The third-order valence-corrected chi connectivity index (χ3v) is 6.75. The summed E-state index contributed by atoms with van der Waals surface area (Å²) in [6, 6.07) is 14.5. The summed E-state index contributed by atoms with van der Waals surface area (Å²) in [6.45, 7) is 8.81. The number of aromatic nitrogens is 1. The molecule has 1 atom stereocenters. The Bertz CT molecular complexity index is 1170. The largest absolute Gasteiger partial charge is 0.486 e. The molecule has 0 radical (unpaired) electrons. The van der Waals surface area contributed by atoms with Gasteiger partial charge in [0.25, 0.3) is 5.91 Å². The van der Waals surface area contributed by atoms with Gasteiger partial charge in [0.1, 0.15) is 23.1 Å². The number of aryl methyl sites for hydroxylation is 1. The molecule has 1 aliphatic rings. The van der Waals surface area contributed by atoms with Crippen molar-refractivity contribution in [1.29, 1.82) is 0 Å². The highest BCUT2D eigenvalue weighted by Gasteiger charge is 2.31. The van der Waals surface area contributed by atoms with E-state index < -0.39 is 0 Å². The highest BCUT2D eigenvalue weighted by molar-refractivity contribution is 7.09. The maximum Gasteiger partial charge on any atom is 0.270 e. The quantitative estimate of drug-likeness (QED) is 0.517. The van der Waals surface area contributed by atoms with Crippen molar-refractivity contribution in [3.63, 3.8) is 0 Å². The lowest BCUT2D eigenvalue weighted by Gasteiger charge is -2.38. The van der Waals surface area contributed by atoms with Crippen molar-refractivity contribution in [2.45, 2.75) is 59.2 Å². The molecule has 0 spiro atoms. The summed E-state index contributed by atoms with van der Waals surface area (Å²) in [5, 5.41) is 5.35. The Morgan fingerprint density at radius 3 is 2.68 bits per heavy atom. The summed E-state index contributed by atoms with van der Waals surface area (Å²) in [7, 11) is 0. The second-order valence-electron chi connectivity index (χ2n) is 8.91. The van der Waals surface area contributed by atoms with E-state index in [9.17, 15) is 9.59 Å². The molecule has 1 aliphatic heterocycles. The van der Waals surface area contributed by atoms with Crippen LogP contribution in [-0.2, 0) is 17.8 Å². The fourth-order valence-corrected chi connectivity index (χ4v) is 4.91. The van der Waals surface area contributed by atoms with Gasteiger partial charge in [0.15, 0.2) is 0 Å². The lowest BCUT2D eigenvalue weighted by molar-refractivity contribution is -0.132. The molecule has 0 bridgehead atoms. The van der Waals surface area contributed by atoms with Crippen LogP contribution < -0.4 is 10.1 Å². The zero-order chi connectivity index (χ0) is 24.2. The van der Waals surface area contributed by atoms with E-state index in [4.69, 9.17) is 4.74 Å². The Hall–Kier alpha value is -3.19. The minimum absolute atomic E-state index is 0.0602. The van der Waals surface area contributed by atoms with E-state index in [1.165, 1.54) is 22.5 Å². The van der Waals surface area contributed by atoms with Crippen molar-refractivity contribution >= 4 is 23.2 Å². The van der Waals surface area contributed by atoms with Crippen molar-refractivity contribution < 1.29 is 14.3 Å². The van der Waals surface area contributed by atoms with Gasteiger partial charge in [0.05, 0.1) is 6.04 Å². The first-order chi connectivity index (χ1) is 16.4. The molecule has 4 rings (SSSR count). The monoisotopic (exact) mass is 477 g/mol. The Morgan fingerprint density at radius 2 is 1.97 bits per heavy atom. The van der Waals surface area contributed by atoms with Crippen LogP contribution >= 0.6 is 11.3 Å². The van der Waals surface area contributed by atoms with Gasteiger partial charge in [-0.25, -0.2) is 4.98 Å². The van der Waals surface area contributed by atoms with Crippen molar-refractivity contribution in [1.82, 2.24) is 15.2 Å². The first-order valence-electron chi connectivity index (χ1n) is 11.7. The van der Waals surface area contributed by atoms with Crippen LogP contribution in [-0.4, -0.2) is 34.3 Å². The number of nitrogens with zero attached hydrogens (tertiary/aromatic N) is 2. The molecule has 6 nitrogen and oxygen atoms in total. The number of nitrogens with one attached hydrogen (secondary N) is 1. The number of carbonyl (C=O) groups is 2. The van der Waals surface area contributed by atoms with Crippen LogP contribution in [0.15, 0.2) is 47.8 Å². The van der Waals surface area contributed by atoms with Gasteiger partial charge in [-0.2, -0.15) is 0 Å². The molecule has 2 heterocycles. The summed E-state index contributed by atoms with van der Waals surface area (Å²) in [4.78, 5) is 31.4. The van der Waals surface area contributed by atoms with E-state index in [0.29, 0.717) is 18.7 Å². The number of thiazole rings is 1. The molecule has 2 aromatic carbocycles. The second kappa shape index (κ2) is 10.4. The topological polar surface area (TPSA) is 71.5 Å². The highest BCUT2D eigenvalue weighted by atomic mass is 32.1. The van der Waals surface area contributed by atoms with E-state index in [1.54, 1.807) is 5.38 Å². The number of hydrogen-bond donors (Lipinski definition) is 1. The van der Waals surface area contributed by atoms with Gasteiger partial charge in [0.2, 0.25) is 5.91 Å². The van der Waals surface area contributed by atoms with Gasteiger partial charge < -0.3 is 15.0 Å². The van der Waals surface area contributed by atoms with Crippen LogP contribution in [0.5, 0.6) is 5.75 Å². The minimum atomic E-state index is -0.173. The molecular formula is C27H31N3O3S. The number of fused-ring (bicyclic) bond motifs is 1. The predicted molar refractivity (Wildman–Crippen MR) is 134 cm³/mol. The van der Waals surface area contributed by atoms with Gasteiger partial charge in [-0.05, 0) is 56.0 Å². The molecule has 0 aliphatic carbocycles. The third kappa shape index (κ3) is 5.30. The predicted octanol–water partition coefficient (Wildman–Crippen LogP) is 5.05. The SMILES string of the molecule is CCC(=O)N1CCc2ccc(OCc3nc(C(=O)NC(C)C)cs3)cc2C1c1ccc(C)cc1. The van der Waals surface area contributed by atoms with Crippen LogP contribution in [0.2, 0.25) is 0 Å². The summed E-state index contributed by atoms with van der Waals surface area (Å²) in [5.74, 6) is 0.704. The number of carbonyl (C=O) groups excluding carboxylic acids is 2. The summed E-state index contributed by atoms with van der Waals surface area (Å²) in [6.07, 6.45) is 1.30. The highest BCUT2D eigenvalue weighted by Crippen LogP contribution is 2.37. The smallest absolute Gasteiger partial charge is 0.270 e. The normalized spacial score (nSPS) is 15.2. The van der Waals surface area contributed by atoms with Gasteiger partial charge in [-0.15, -0.1) is 11.3 Å². The number of hydrogen-bond acceptors (Lipinski definition) is 5. The number of ether oxygens (including phenoxy) is 1. The lowest BCUT2D eigenvalue weighted by Crippen LogP contribution is -2.40. The molecule has 178 valence electrons. The van der Waals surface area contributed by atoms with E-state index in [0.717, 1.165) is 28.3 Å². The summed E-state index contributed by atoms with van der Waals surface area (Å²) < 4.78 is 6.07. The maximum absolute atomic E-state index is 12.8. The molecule has 1 unspecified atom stereocenters. The van der Waals surface area contributed by atoms with Gasteiger partial charge in [0, 0.05) is 24.4 Å². The van der Waals surface area contributed by atoms with E-state index in [1.807, 2.05) is 31.7 Å². The summed E-state index contributed by atoms with van der Waals surface area (Å²) >= 11 is 1.41. The van der Waals surface area contributed by atoms with Crippen molar-refractivity contribution in [3.8, 4) is 5.75 Å². The van der Waals surface area contributed by atoms with E-state index in [-0.39, 0.29) is 30.5 Å². The van der Waals surface area contributed by atoms with Crippen LogP contribution in [0.3, 0.4) is 0 Å². The Morgan fingerprint density at radius 1 is 1.21 bits per heavy atom. The summed E-state index contributed by atoms with van der Waals surface area (Å²) in [5.41, 5.74) is 5.04. The number of benzene rings is 2. The van der Waals surface area contributed by atoms with Crippen molar-refractivity contribution in [3.05, 3.63) is 80.8 Å². The van der Waals surface area contributed by atoms with Crippen molar-refractivity contribution in [2.24, 2.45) is 0 Å². The molecule has 2 amide bonds. The third-order valence-electron chi connectivity index (χ3n) is 5.93. The molecular weight excluding hydrogens is 446 g/mol. The molecule has 34 heavy (non-hydrogen) atoms. The Balaban J connectivity index is 1.57. The van der Waals surface area contributed by atoms with Gasteiger partial charge in [-0.3, -0.25) is 9.59 Å². The average molecular weight is 478 g/mol. The van der Waals surface area contributed by atoms with Crippen LogP contribution in [0.4, 0.5) is 0 Å². The minimum Gasteiger partial charge on any atom is -0.486 e. The molecule has 0 fully saturated rings. The van der Waals surface area contributed by atoms with Crippen LogP contribution in [0.1, 0.15) is 71.0 Å². The molecule has 3 aromatic rings. The lowest BCUT2D eigenvalue weighted by atomic mass is 9.87. The molecule has 1 N–H and O–H groups in total. The van der Waals surface area contributed by atoms with Crippen molar-refractivity contribution in [2.75, 3.05) is 6.54 Å². The molecule has 7 heteroatoms. The first kappa shape index (κ1) is 24.0. The van der Waals surface area contributed by atoms with Gasteiger partial charge in [-0.1, -0.05) is 42.8 Å². The Kier molecular flexibility index (Phi) is 7.32. The molecule has 1 aromatic heterocycles. The molecule has 0 saturated carbocycles. The maximum atomic E-state index is 12.8. The fraction of sp³-hybridized carbons (Fsp3) is 0.370. The van der Waals surface area contributed by atoms with E-state index in [2.05, 4.69) is 53.6 Å². The van der Waals surface area contributed by atoms with E-state index >= 15 is 0 Å². The fourth-order valence-electron chi connectivity index (χ4n) is 4.23. The zero-order valence-electron chi connectivity index (χ0n) is 20.1. The zero-order valence-corrected chi connectivity index (χ0v) is 20.9.